The van der Waals surface area contributed by atoms with Gasteiger partial charge in [-0.15, -0.1) is 0 Å². The van der Waals surface area contributed by atoms with Crippen LogP contribution in [0.3, 0.4) is 0 Å². The van der Waals surface area contributed by atoms with Crippen LogP contribution in [0.2, 0.25) is 0 Å². The highest BCUT2D eigenvalue weighted by molar-refractivity contribution is 5.93. The maximum absolute atomic E-state index is 11.7. The third-order valence-electron chi connectivity index (χ3n) is 2.45. The summed E-state index contributed by atoms with van der Waals surface area (Å²) < 4.78 is 9.98. The second kappa shape index (κ2) is 7.08. The predicted octanol–water partition coefficient (Wildman–Crippen LogP) is 1.61. The molecule has 18 heavy (non-hydrogen) atoms. The summed E-state index contributed by atoms with van der Waals surface area (Å²) in [6.07, 6.45) is 0. The number of methoxy groups -OCH3 is 1. The molecule has 0 aliphatic carbocycles. The summed E-state index contributed by atoms with van der Waals surface area (Å²) in [5, 5.41) is 2.82. The fourth-order valence-corrected chi connectivity index (χ4v) is 1.70. The Morgan fingerprint density at radius 2 is 2.06 bits per heavy atom. The molecular formula is C13H20N2O3. The Labute approximate surface area is 108 Å². The molecule has 1 amide bonds. The number of anilines is 1. The highest BCUT2D eigenvalue weighted by Crippen LogP contribution is 2.18. The number of nitrogens with one attached hydrogen (secondary N) is 1. The number of aryl methyl sites for hydroxylation is 3. The molecule has 0 radical (unpaired) electrons. The van der Waals surface area contributed by atoms with Gasteiger partial charge in [-0.3, -0.25) is 9.78 Å². The molecule has 1 aromatic rings. The Kier molecular flexibility index (Phi) is 5.74. The molecular weight excluding hydrogens is 232 g/mol. The molecule has 0 aliphatic heterocycles. The smallest absolute Gasteiger partial charge is 0.250 e. The van der Waals surface area contributed by atoms with E-state index >= 15 is 0 Å². The standard InChI is InChI=1S/C13H20N2O3/c1-9-7-10(2)14-11(3)13(9)15-12(16)8-18-6-5-17-4/h7H,5-6,8H2,1-4H3,(H,15,16). The van der Waals surface area contributed by atoms with E-state index in [0.29, 0.717) is 13.2 Å². The van der Waals surface area contributed by atoms with Crippen LogP contribution in [0.1, 0.15) is 17.0 Å². The fourth-order valence-electron chi connectivity index (χ4n) is 1.70. The summed E-state index contributed by atoms with van der Waals surface area (Å²) in [6.45, 7) is 6.67. The second-order valence-electron chi connectivity index (χ2n) is 4.13. The van der Waals surface area contributed by atoms with Gasteiger partial charge in [-0.2, -0.15) is 0 Å². The van der Waals surface area contributed by atoms with Crippen LogP contribution in [-0.4, -0.2) is 37.8 Å². The molecule has 100 valence electrons. The number of nitrogens with zero attached hydrogens (tertiary/aromatic N) is 1. The molecule has 0 bridgehead atoms. The summed E-state index contributed by atoms with van der Waals surface area (Å²) >= 11 is 0. The highest BCUT2D eigenvalue weighted by atomic mass is 16.5. The van der Waals surface area contributed by atoms with E-state index in [2.05, 4.69) is 10.3 Å². The first-order valence-electron chi connectivity index (χ1n) is 5.86. The van der Waals surface area contributed by atoms with Crippen molar-refractivity contribution in [3.05, 3.63) is 23.0 Å². The third kappa shape index (κ3) is 4.43. The monoisotopic (exact) mass is 252 g/mol. The van der Waals surface area contributed by atoms with Crippen LogP contribution >= 0.6 is 0 Å². The molecule has 1 rings (SSSR count). The van der Waals surface area contributed by atoms with E-state index in [1.165, 1.54) is 0 Å². The fraction of sp³-hybridized carbons (Fsp3) is 0.538. The zero-order chi connectivity index (χ0) is 13.5. The van der Waals surface area contributed by atoms with E-state index < -0.39 is 0 Å². The van der Waals surface area contributed by atoms with Crippen molar-refractivity contribution < 1.29 is 14.3 Å². The Balaban J connectivity index is 2.54. The lowest BCUT2D eigenvalue weighted by Gasteiger charge is -2.12. The van der Waals surface area contributed by atoms with Gasteiger partial charge in [0.15, 0.2) is 0 Å². The van der Waals surface area contributed by atoms with Gasteiger partial charge in [-0.25, -0.2) is 0 Å². The first-order valence-corrected chi connectivity index (χ1v) is 5.86. The zero-order valence-electron chi connectivity index (χ0n) is 11.4. The molecule has 0 atom stereocenters. The van der Waals surface area contributed by atoms with Crippen molar-refractivity contribution in [1.29, 1.82) is 0 Å². The summed E-state index contributed by atoms with van der Waals surface area (Å²) in [4.78, 5) is 16.0. The van der Waals surface area contributed by atoms with Gasteiger partial charge >= 0.3 is 0 Å². The molecule has 1 aromatic heterocycles. The van der Waals surface area contributed by atoms with Crippen LogP contribution < -0.4 is 5.32 Å². The highest BCUT2D eigenvalue weighted by Gasteiger charge is 2.09. The van der Waals surface area contributed by atoms with Crippen LogP contribution in [-0.2, 0) is 14.3 Å². The first kappa shape index (κ1) is 14.6. The van der Waals surface area contributed by atoms with Crippen LogP contribution in [0.25, 0.3) is 0 Å². The number of carbonyl (C=O) groups is 1. The lowest BCUT2D eigenvalue weighted by Crippen LogP contribution is -2.21. The van der Waals surface area contributed by atoms with Crippen molar-refractivity contribution in [2.45, 2.75) is 20.8 Å². The van der Waals surface area contributed by atoms with E-state index in [4.69, 9.17) is 9.47 Å². The SMILES string of the molecule is COCCOCC(=O)Nc1c(C)cc(C)nc1C. The number of carbonyl (C=O) groups excluding carboxylic acids is 1. The lowest BCUT2D eigenvalue weighted by atomic mass is 10.1. The number of hydrogen-bond donors (Lipinski definition) is 1. The zero-order valence-corrected chi connectivity index (χ0v) is 11.4. The summed E-state index contributed by atoms with van der Waals surface area (Å²) in [7, 11) is 1.59. The third-order valence-corrected chi connectivity index (χ3v) is 2.45. The first-order chi connectivity index (χ1) is 8.54. The Morgan fingerprint density at radius 1 is 1.33 bits per heavy atom. The average Bonchev–Trinajstić information content (AvgIpc) is 2.29. The molecule has 0 fully saturated rings. The van der Waals surface area contributed by atoms with E-state index in [1.807, 2.05) is 26.8 Å². The number of amides is 1. The predicted molar refractivity (Wildman–Crippen MR) is 69.8 cm³/mol. The molecule has 1 N–H and O–H groups in total. The minimum atomic E-state index is -0.178. The maximum atomic E-state index is 11.7. The largest absolute Gasteiger partial charge is 0.382 e. The van der Waals surface area contributed by atoms with E-state index in [0.717, 1.165) is 22.6 Å². The van der Waals surface area contributed by atoms with Crippen molar-refractivity contribution in [1.82, 2.24) is 4.98 Å². The van der Waals surface area contributed by atoms with Crippen molar-refractivity contribution in [2.24, 2.45) is 0 Å². The molecule has 0 aromatic carbocycles. The van der Waals surface area contributed by atoms with Crippen LogP contribution in [0.15, 0.2) is 6.07 Å². The molecule has 0 aliphatic rings. The van der Waals surface area contributed by atoms with Gasteiger partial charge in [0.25, 0.3) is 0 Å². The van der Waals surface area contributed by atoms with Crippen molar-refractivity contribution in [3.8, 4) is 0 Å². The summed E-state index contributed by atoms with van der Waals surface area (Å²) in [6, 6.07) is 1.94. The Morgan fingerprint density at radius 3 is 2.67 bits per heavy atom. The van der Waals surface area contributed by atoms with Gasteiger partial charge in [0.05, 0.1) is 24.6 Å². The minimum Gasteiger partial charge on any atom is -0.382 e. The van der Waals surface area contributed by atoms with Gasteiger partial charge in [-0.1, -0.05) is 0 Å². The maximum Gasteiger partial charge on any atom is 0.250 e. The quantitative estimate of drug-likeness (QED) is 0.781. The second-order valence-corrected chi connectivity index (χ2v) is 4.13. The van der Waals surface area contributed by atoms with E-state index in [9.17, 15) is 4.79 Å². The molecule has 5 nitrogen and oxygen atoms in total. The number of hydrogen-bond acceptors (Lipinski definition) is 4. The number of aromatic nitrogens is 1. The van der Waals surface area contributed by atoms with Gasteiger partial charge in [0, 0.05) is 12.8 Å². The van der Waals surface area contributed by atoms with Crippen molar-refractivity contribution >= 4 is 11.6 Å². The van der Waals surface area contributed by atoms with Gasteiger partial charge in [0.1, 0.15) is 6.61 Å². The normalized spacial score (nSPS) is 10.4. The van der Waals surface area contributed by atoms with E-state index in [1.54, 1.807) is 7.11 Å². The van der Waals surface area contributed by atoms with Gasteiger partial charge < -0.3 is 14.8 Å². The number of ether oxygens (including phenoxy) is 2. The Bertz CT molecular complexity index is 396. The number of pyridine rings is 1. The van der Waals surface area contributed by atoms with Crippen LogP contribution in [0.4, 0.5) is 5.69 Å². The molecule has 5 heteroatoms. The van der Waals surface area contributed by atoms with Crippen molar-refractivity contribution in [3.63, 3.8) is 0 Å². The molecule has 0 saturated heterocycles. The number of rotatable bonds is 6. The molecule has 0 spiro atoms. The van der Waals surface area contributed by atoms with Crippen molar-refractivity contribution in [2.75, 3.05) is 32.2 Å². The Hall–Kier alpha value is -1.46. The van der Waals surface area contributed by atoms with Crippen LogP contribution in [0, 0.1) is 20.8 Å². The molecule has 1 heterocycles. The lowest BCUT2D eigenvalue weighted by molar-refractivity contribution is -0.121. The molecule has 0 saturated carbocycles. The van der Waals surface area contributed by atoms with E-state index in [-0.39, 0.29) is 12.5 Å². The topological polar surface area (TPSA) is 60.5 Å². The minimum absolute atomic E-state index is 0.0239. The molecule has 0 unspecified atom stereocenters. The average molecular weight is 252 g/mol. The van der Waals surface area contributed by atoms with Gasteiger partial charge in [0.2, 0.25) is 5.91 Å². The summed E-state index contributed by atoms with van der Waals surface area (Å²) in [5.74, 6) is -0.178. The van der Waals surface area contributed by atoms with Gasteiger partial charge in [-0.05, 0) is 32.4 Å². The van der Waals surface area contributed by atoms with Crippen LogP contribution in [0.5, 0.6) is 0 Å². The summed E-state index contributed by atoms with van der Waals surface area (Å²) in [5.41, 5.74) is 3.53.